The van der Waals surface area contributed by atoms with E-state index in [2.05, 4.69) is 0 Å². The first kappa shape index (κ1) is 15.6. The summed E-state index contributed by atoms with van der Waals surface area (Å²) in [5.74, 6) is 0.143. The lowest BCUT2D eigenvalue weighted by molar-refractivity contribution is 0.192. The molecule has 1 aromatic heterocycles. The van der Waals surface area contributed by atoms with E-state index < -0.39 is 12.3 Å². The first-order valence-corrected chi connectivity index (χ1v) is 7.03. The van der Waals surface area contributed by atoms with Crippen molar-refractivity contribution in [2.75, 3.05) is 6.86 Å². The lowest BCUT2D eigenvalue weighted by atomic mass is 10.1. The minimum atomic E-state index is -0.892. The van der Waals surface area contributed by atoms with Crippen LogP contribution in [-0.4, -0.2) is 17.1 Å². The molecule has 24 heavy (non-hydrogen) atoms. The van der Waals surface area contributed by atoms with Crippen LogP contribution >= 0.6 is 0 Å². The molecule has 5 nitrogen and oxygen atoms in total. The van der Waals surface area contributed by atoms with Crippen LogP contribution in [-0.2, 0) is 0 Å². The molecular formula is C18H13FO5. The minimum Gasteiger partial charge on any atom is -0.508 e. The summed E-state index contributed by atoms with van der Waals surface area (Å²) in [7, 11) is 0. The van der Waals surface area contributed by atoms with Crippen LogP contribution in [0.5, 0.6) is 17.2 Å². The molecule has 0 saturated carbocycles. The molecule has 0 unspecified atom stereocenters. The number of benzene rings is 2. The Morgan fingerprint density at radius 2 is 1.83 bits per heavy atom. The third kappa shape index (κ3) is 3.22. The molecule has 0 aliphatic carbocycles. The molecule has 0 saturated heterocycles. The second-order valence-corrected chi connectivity index (χ2v) is 5.01. The van der Waals surface area contributed by atoms with E-state index in [1.807, 2.05) is 0 Å². The molecule has 0 atom stereocenters. The van der Waals surface area contributed by atoms with E-state index in [-0.39, 0.29) is 28.2 Å². The summed E-state index contributed by atoms with van der Waals surface area (Å²) in [4.78, 5) is 12.1. The highest BCUT2D eigenvalue weighted by Gasteiger charge is 2.09. The Balaban J connectivity index is 1.93. The van der Waals surface area contributed by atoms with Crippen LogP contribution in [0.25, 0.3) is 23.1 Å². The van der Waals surface area contributed by atoms with Gasteiger partial charge in [0.1, 0.15) is 34.0 Å². The molecule has 0 bridgehead atoms. The number of rotatable bonds is 4. The van der Waals surface area contributed by atoms with Gasteiger partial charge in [-0.05, 0) is 23.8 Å². The van der Waals surface area contributed by atoms with Crippen molar-refractivity contribution < 1.29 is 23.8 Å². The monoisotopic (exact) mass is 328 g/mol. The Labute approximate surface area is 135 Å². The molecule has 3 aromatic rings. The molecule has 0 radical (unpaired) electrons. The van der Waals surface area contributed by atoms with Crippen molar-refractivity contribution in [2.24, 2.45) is 0 Å². The van der Waals surface area contributed by atoms with Crippen LogP contribution in [0.2, 0.25) is 0 Å². The van der Waals surface area contributed by atoms with Crippen molar-refractivity contribution >= 4 is 23.1 Å². The van der Waals surface area contributed by atoms with Gasteiger partial charge in [0.2, 0.25) is 6.86 Å². The van der Waals surface area contributed by atoms with Gasteiger partial charge in [0.15, 0.2) is 5.43 Å². The summed E-state index contributed by atoms with van der Waals surface area (Å²) in [5.41, 5.74) is 0.467. The van der Waals surface area contributed by atoms with Crippen LogP contribution in [0.15, 0.2) is 51.7 Å². The number of halogens is 1. The highest BCUT2D eigenvalue weighted by Crippen LogP contribution is 2.28. The largest absolute Gasteiger partial charge is 0.508 e. The van der Waals surface area contributed by atoms with E-state index in [1.54, 1.807) is 36.4 Å². The van der Waals surface area contributed by atoms with Gasteiger partial charge < -0.3 is 19.4 Å². The molecule has 0 aliphatic heterocycles. The van der Waals surface area contributed by atoms with Crippen molar-refractivity contribution in [3.8, 4) is 17.2 Å². The summed E-state index contributed by atoms with van der Waals surface area (Å²) < 4.78 is 22.3. The zero-order valence-electron chi connectivity index (χ0n) is 12.4. The lowest BCUT2D eigenvalue weighted by Gasteiger charge is -2.03. The molecule has 1 heterocycles. The molecule has 0 aliphatic rings. The van der Waals surface area contributed by atoms with Crippen molar-refractivity contribution in [3.63, 3.8) is 0 Å². The van der Waals surface area contributed by atoms with Crippen LogP contribution < -0.4 is 10.2 Å². The second kappa shape index (κ2) is 6.45. The van der Waals surface area contributed by atoms with Crippen LogP contribution in [0.1, 0.15) is 11.3 Å². The summed E-state index contributed by atoms with van der Waals surface area (Å²) >= 11 is 0. The van der Waals surface area contributed by atoms with Crippen molar-refractivity contribution in [1.29, 1.82) is 0 Å². The van der Waals surface area contributed by atoms with Crippen LogP contribution in [0.3, 0.4) is 0 Å². The average Bonchev–Trinajstić information content (AvgIpc) is 2.53. The zero-order chi connectivity index (χ0) is 17.1. The van der Waals surface area contributed by atoms with Gasteiger partial charge in [-0.3, -0.25) is 4.79 Å². The van der Waals surface area contributed by atoms with Crippen LogP contribution in [0, 0.1) is 0 Å². The first-order chi connectivity index (χ1) is 11.6. The molecule has 3 rings (SSSR count). The number of phenols is 2. The van der Waals surface area contributed by atoms with Gasteiger partial charge in [-0.1, -0.05) is 18.2 Å². The van der Waals surface area contributed by atoms with Crippen LogP contribution in [0.4, 0.5) is 4.39 Å². The highest BCUT2D eigenvalue weighted by molar-refractivity contribution is 5.85. The molecule has 0 spiro atoms. The molecule has 2 aromatic carbocycles. The maximum absolute atomic E-state index is 12.1. The van der Waals surface area contributed by atoms with E-state index in [9.17, 15) is 19.4 Å². The third-order valence-corrected chi connectivity index (χ3v) is 3.36. The van der Waals surface area contributed by atoms with Gasteiger partial charge in [0, 0.05) is 18.2 Å². The van der Waals surface area contributed by atoms with Gasteiger partial charge in [-0.25, -0.2) is 4.39 Å². The summed E-state index contributed by atoms with van der Waals surface area (Å²) in [5, 5.41) is 19.2. The standard InChI is InChI=1S/C18H13FO5/c19-10-23-13-4-1-11(2-5-13)3-6-14-9-16(22)18-15(21)7-12(20)8-17(18)24-14/h1-9,20-21H,10H2/b6-3+. The van der Waals surface area contributed by atoms with Gasteiger partial charge in [-0.15, -0.1) is 0 Å². The molecule has 0 amide bonds. The fourth-order valence-corrected chi connectivity index (χ4v) is 2.27. The van der Waals surface area contributed by atoms with Gasteiger partial charge in [0.25, 0.3) is 0 Å². The quantitative estimate of drug-likeness (QED) is 0.764. The molecule has 2 N–H and O–H groups in total. The van der Waals surface area contributed by atoms with Crippen molar-refractivity contribution in [3.05, 3.63) is 64.0 Å². The zero-order valence-corrected chi connectivity index (χ0v) is 12.4. The van der Waals surface area contributed by atoms with Crippen molar-refractivity contribution in [1.82, 2.24) is 0 Å². The molecule has 0 fully saturated rings. The Morgan fingerprint density at radius 1 is 1.08 bits per heavy atom. The third-order valence-electron chi connectivity index (χ3n) is 3.36. The smallest absolute Gasteiger partial charge is 0.228 e. The number of hydrogen-bond acceptors (Lipinski definition) is 5. The maximum atomic E-state index is 12.1. The topological polar surface area (TPSA) is 79.9 Å². The number of fused-ring (bicyclic) bond motifs is 1. The predicted octanol–water partition coefficient (Wildman–Crippen LogP) is 3.68. The maximum Gasteiger partial charge on any atom is 0.228 e. The number of ether oxygens (including phenoxy) is 1. The number of aromatic hydroxyl groups is 2. The van der Waals surface area contributed by atoms with E-state index in [4.69, 9.17) is 9.15 Å². The minimum absolute atomic E-state index is 0.0117. The number of phenolic OH excluding ortho intramolecular Hbond substituents is 2. The molecule has 6 heteroatoms. The van der Waals surface area contributed by atoms with E-state index in [1.165, 1.54) is 12.1 Å². The number of alkyl halides is 1. The Bertz CT molecular complexity index is 958. The Hall–Kier alpha value is -3.28. The van der Waals surface area contributed by atoms with E-state index in [0.717, 1.165) is 11.6 Å². The first-order valence-electron chi connectivity index (χ1n) is 7.03. The van der Waals surface area contributed by atoms with Crippen molar-refractivity contribution in [2.45, 2.75) is 0 Å². The van der Waals surface area contributed by atoms with Gasteiger partial charge in [-0.2, -0.15) is 0 Å². The normalized spacial score (nSPS) is 11.2. The highest BCUT2D eigenvalue weighted by atomic mass is 19.1. The molecular weight excluding hydrogens is 315 g/mol. The van der Waals surface area contributed by atoms with E-state index in [0.29, 0.717) is 5.75 Å². The second-order valence-electron chi connectivity index (χ2n) is 5.01. The fourth-order valence-electron chi connectivity index (χ4n) is 2.27. The van der Waals surface area contributed by atoms with Gasteiger partial charge in [0.05, 0.1) is 0 Å². The SMILES string of the molecule is O=c1cc(/C=C/c2ccc(OCF)cc2)oc2cc(O)cc(O)c12. The lowest BCUT2D eigenvalue weighted by Crippen LogP contribution is -2.00. The summed E-state index contributed by atoms with van der Waals surface area (Å²) in [6.45, 7) is -0.892. The Morgan fingerprint density at radius 3 is 2.54 bits per heavy atom. The Kier molecular flexibility index (Phi) is 4.20. The fraction of sp³-hybridized carbons (Fsp3) is 0.0556. The average molecular weight is 328 g/mol. The molecule has 122 valence electrons. The van der Waals surface area contributed by atoms with Gasteiger partial charge >= 0.3 is 0 Å². The summed E-state index contributed by atoms with van der Waals surface area (Å²) in [6.07, 6.45) is 3.28. The number of hydrogen-bond donors (Lipinski definition) is 2. The predicted molar refractivity (Wildman–Crippen MR) is 87.8 cm³/mol. The van der Waals surface area contributed by atoms with E-state index >= 15 is 0 Å². The summed E-state index contributed by atoms with van der Waals surface area (Å²) in [6, 6.07) is 10.3.